The zero-order valence-electron chi connectivity index (χ0n) is 11.3. The average Bonchev–Trinajstić information content (AvgIpc) is 2.91. The van der Waals surface area contributed by atoms with Gasteiger partial charge >= 0.3 is 0 Å². The molecule has 0 aliphatic rings. The molecule has 6 heteroatoms. The molecule has 0 saturated carbocycles. The molecule has 2 aromatic heterocycles. The zero-order valence-corrected chi connectivity index (χ0v) is 12.9. The Morgan fingerprint density at radius 3 is 2.76 bits per heavy atom. The Kier molecular flexibility index (Phi) is 4.28. The van der Waals surface area contributed by atoms with Crippen LogP contribution in [0, 0.1) is 0 Å². The Morgan fingerprint density at radius 2 is 1.95 bits per heavy atom. The van der Waals surface area contributed by atoms with Crippen molar-refractivity contribution in [3.8, 4) is 0 Å². The Hall–Kier alpha value is -1.76. The van der Waals surface area contributed by atoms with Gasteiger partial charge in [0, 0.05) is 10.7 Å². The zero-order chi connectivity index (χ0) is 14.7. The highest BCUT2D eigenvalue weighted by atomic mass is 79.9. The number of hydrogen-bond donors (Lipinski definition) is 1. The van der Waals surface area contributed by atoms with Crippen LogP contribution in [0.3, 0.4) is 0 Å². The summed E-state index contributed by atoms with van der Waals surface area (Å²) < 4.78 is 8.49. The molecule has 0 saturated heterocycles. The van der Waals surface area contributed by atoms with Crippen LogP contribution in [0.1, 0.15) is 17.4 Å². The van der Waals surface area contributed by atoms with Crippen LogP contribution in [0.15, 0.2) is 53.1 Å². The first-order valence-corrected chi connectivity index (χ1v) is 7.41. The second kappa shape index (κ2) is 6.34. The molecule has 0 radical (unpaired) electrons. The van der Waals surface area contributed by atoms with Crippen LogP contribution in [0.4, 0.5) is 0 Å². The predicted octanol–water partition coefficient (Wildman–Crippen LogP) is 2.71. The normalized spacial score (nSPS) is 12.7. The van der Waals surface area contributed by atoms with E-state index in [0.717, 1.165) is 15.7 Å². The summed E-state index contributed by atoms with van der Waals surface area (Å²) >= 11 is 3.44. The fourth-order valence-electron chi connectivity index (χ4n) is 2.09. The van der Waals surface area contributed by atoms with Gasteiger partial charge in [-0.1, -0.05) is 30.3 Å². The van der Waals surface area contributed by atoms with Gasteiger partial charge in [0.15, 0.2) is 11.5 Å². The lowest BCUT2D eigenvalue weighted by molar-refractivity contribution is 0.106. The molecule has 0 aliphatic carbocycles. The van der Waals surface area contributed by atoms with Crippen LogP contribution < -0.4 is 5.73 Å². The number of benzene rings is 1. The summed E-state index contributed by atoms with van der Waals surface area (Å²) in [6.07, 6.45) is 1.90. The van der Waals surface area contributed by atoms with Gasteiger partial charge in [0.2, 0.25) is 0 Å². The van der Waals surface area contributed by atoms with Gasteiger partial charge in [0.05, 0.1) is 19.3 Å². The minimum atomic E-state index is -0.321. The second-order valence-electron chi connectivity index (χ2n) is 4.74. The maximum absolute atomic E-state index is 6.16. The number of ether oxygens (including phenoxy) is 1. The number of nitrogens with two attached hydrogens (primary N) is 1. The fraction of sp³-hybridized carbons (Fsp3) is 0.200. The fourth-order valence-corrected chi connectivity index (χ4v) is 2.42. The van der Waals surface area contributed by atoms with Crippen molar-refractivity contribution in [3.63, 3.8) is 0 Å². The molecule has 0 bridgehead atoms. The van der Waals surface area contributed by atoms with Crippen molar-refractivity contribution < 1.29 is 4.74 Å². The third-order valence-corrected chi connectivity index (χ3v) is 3.60. The summed E-state index contributed by atoms with van der Waals surface area (Å²) in [4.78, 5) is 0. The van der Waals surface area contributed by atoms with Crippen molar-refractivity contribution in [2.45, 2.75) is 12.6 Å². The lowest BCUT2D eigenvalue weighted by atomic mass is 10.2. The standard InChI is InChI=1S/C15H15BrN4O/c16-12-6-7-14-18-19-15(20(14)8-12)13(17)10-21-9-11-4-2-1-3-5-11/h1-8,13H,9-10,17H2. The van der Waals surface area contributed by atoms with E-state index in [1.807, 2.05) is 53.1 Å². The molecule has 0 aliphatic heterocycles. The molecule has 0 spiro atoms. The van der Waals surface area contributed by atoms with Crippen molar-refractivity contribution in [2.24, 2.45) is 5.73 Å². The van der Waals surface area contributed by atoms with Gasteiger partial charge in [-0.25, -0.2) is 0 Å². The second-order valence-corrected chi connectivity index (χ2v) is 5.66. The molecule has 21 heavy (non-hydrogen) atoms. The summed E-state index contributed by atoms with van der Waals surface area (Å²) in [6.45, 7) is 0.928. The highest BCUT2D eigenvalue weighted by molar-refractivity contribution is 9.10. The number of fused-ring (bicyclic) bond motifs is 1. The summed E-state index contributed by atoms with van der Waals surface area (Å²) in [7, 11) is 0. The van der Waals surface area contributed by atoms with E-state index in [9.17, 15) is 0 Å². The van der Waals surface area contributed by atoms with E-state index in [1.165, 1.54) is 0 Å². The number of halogens is 1. The summed E-state index contributed by atoms with van der Waals surface area (Å²) in [6, 6.07) is 13.5. The monoisotopic (exact) mass is 346 g/mol. The molecule has 1 aromatic carbocycles. The van der Waals surface area contributed by atoms with Crippen molar-refractivity contribution in [1.82, 2.24) is 14.6 Å². The van der Waals surface area contributed by atoms with Gasteiger partial charge in [-0.3, -0.25) is 4.40 Å². The van der Waals surface area contributed by atoms with Crippen LogP contribution >= 0.6 is 15.9 Å². The van der Waals surface area contributed by atoms with Crippen LogP contribution in [-0.4, -0.2) is 21.2 Å². The molecule has 0 amide bonds. The third kappa shape index (κ3) is 3.29. The number of hydrogen-bond acceptors (Lipinski definition) is 4. The van der Waals surface area contributed by atoms with Crippen LogP contribution in [0.5, 0.6) is 0 Å². The van der Waals surface area contributed by atoms with Gasteiger partial charge < -0.3 is 10.5 Å². The van der Waals surface area contributed by atoms with Gasteiger partial charge in [-0.05, 0) is 33.6 Å². The maximum Gasteiger partial charge on any atom is 0.160 e. The Bertz CT molecular complexity index is 729. The van der Waals surface area contributed by atoms with Gasteiger partial charge in [-0.2, -0.15) is 0 Å². The highest BCUT2D eigenvalue weighted by Gasteiger charge is 2.14. The first-order chi connectivity index (χ1) is 10.2. The maximum atomic E-state index is 6.16. The van der Waals surface area contributed by atoms with Crippen molar-refractivity contribution >= 4 is 21.6 Å². The van der Waals surface area contributed by atoms with E-state index in [0.29, 0.717) is 19.0 Å². The topological polar surface area (TPSA) is 65.4 Å². The predicted molar refractivity (Wildman–Crippen MR) is 83.7 cm³/mol. The molecule has 1 unspecified atom stereocenters. The molecule has 5 nitrogen and oxygen atoms in total. The van der Waals surface area contributed by atoms with Crippen LogP contribution in [0.2, 0.25) is 0 Å². The third-order valence-electron chi connectivity index (χ3n) is 3.13. The van der Waals surface area contributed by atoms with E-state index in [-0.39, 0.29) is 6.04 Å². The first kappa shape index (κ1) is 14.2. The number of aromatic nitrogens is 3. The van der Waals surface area contributed by atoms with Crippen LogP contribution in [0.25, 0.3) is 5.65 Å². The van der Waals surface area contributed by atoms with E-state index >= 15 is 0 Å². The smallest absolute Gasteiger partial charge is 0.160 e. The number of pyridine rings is 1. The minimum Gasteiger partial charge on any atom is -0.375 e. The molecular weight excluding hydrogens is 332 g/mol. The van der Waals surface area contributed by atoms with Crippen LogP contribution in [-0.2, 0) is 11.3 Å². The van der Waals surface area contributed by atoms with E-state index in [2.05, 4.69) is 26.1 Å². The van der Waals surface area contributed by atoms with E-state index in [4.69, 9.17) is 10.5 Å². The van der Waals surface area contributed by atoms with Gasteiger partial charge in [0.25, 0.3) is 0 Å². The summed E-state index contributed by atoms with van der Waals surface area (Å²) in [5.41, 5.74) is 8.05. The molecule has 3 rings (SSSR count). The Morgan fingerprint density at radius 1 is 1.14 bits per heavy atom. The Balaban J connectivity index is 1.67. The Labute approximate surface area is 130 Å². The molecule has 3 aromatic rings. The number of nitrogens with zero attached hydrogens (tertiary/aromatic N) is 3. The van der Waals surface area contributed by atoms with Gasteiger partial charge in [0.1, 0.15) is 0 Å². The van der Waals surface area contributed by atoms with Gasteiger partial charge in [-0.15, -0.1) is 10.2 Å². The molecule has 0 fully saturated rings. The largest absolute Gasteiger partial charge is 0.375 e. The molecular formula is C15H15BrN4O. The lowest BCUT2D eigenvalue weighted by Crippen LogP contribution is -2.20. The van der Waals surface area contributed by atoms with E-state index in [1.54, 1.807) is 0 Å². The molecule has 108 valence electrons. The summed E-state index contributed by atoms with van der Waals surface area (Å²) in [5, 5.41) is 8.25. The average molecular weight is 347 g/mol. The molecule has 2 N–H and O–H groups in total. The van der Waals surface area contributed by atoms with E-state index < -0.39 is 0 Å². The number of rotatable bonds is 5. The first-order valence-electron chi connectivity index (χ1n) is 6.61. The lowest BCUT2D eigenvalue weighted by Gasteiger charge is -2.11. The highest BCUT2D eigenvalue weighted by Crippen LogP contribution is 2.16. The molecule has 1 atom stereocenters. The minimum absolute atomic E-state index is 0.321. The SMILES string of the molecule is NC(COCc1ccccc1)c1nnc2ccc(Br)cn12. The quantitative estimate of drug-likeness (QED) is 0.771. The van der Waals surface area contributed by atoms with Crippen molar-refractivity contribution in [1.29, 1.82) is 0 Å². The van der Waals surface area contributed by atoms with Crippen molar-refractivity contribution in [3.05, 3.63) is 64.5 Å². The van der Waals surface area contributed by atoms with Crippen molar-refractivity contribution in [2.75, 3.05) is 6.61 Å². The summed E-state index contributed by atoms with van der Waals surface area (Å²) in [5.74, 6) is 0.694. The molecule has 2 heterocycles.